The lowest BCUT2D eigenvalue weighted by molar-refractivity contribution is -0.337. The molecule has 0 spiro atoms. The molecule has 1 aromatic rings. The molecule has 1 amide bonds. The van der Waals surface area contributed by atoms with Crippen LogP contribution in [0.15, 0.2) is 30.3 Å². The lowest BCUT2D eigenvalue weighted by atomic mass is 9.83. The second kappa shape index (κ2) is 9.01. The molecule has 184 valence electrons. The summed E-state index contributed by atoms with van der Waals surface area (Å²) in [6.07, 6.45) is -2.04. The van der Waals surface area contributed by atoms with E-state index in [1.807, 2.05) is 30.3 Å². The molecule has 0 saturated carbocycles. The molecule has 2 aliphatic heterocycles. The maximum atomic E-state index is 13.2. The molecule has 9 heteroatoms. The Kier molecular flexibility index (Phi) is 7.01. The van der Waals surface area contributed by atoms with Gasteiger partial charge in [-0.1, -0.05) is 51.1 Å². The third-order valence-electron chi connectivity index (χ3n) is 7.04. The van der Waals surface area contributed by atoms with Gasteiger partial charge in [0.1, 0.15) is 12.2 Å². The topological polar surface area (TPSA) is 94.5 Å². The molecule has 3 atom stereocenters. The first-order valence-electron chi connectivity index (χ1n) is 11.4. The predicted octanol–water partition coefficient (Wildman–Crippen LogP) is 4.39. The first-order chi connectivity index (χ1) is 15.2. The molecule has 2 aliphatic rings. The average molecular weight is 480 g/mol. The molecule has 2 heterocycles. The Balaban J connectivity index is 1.90. The Morgan fingerprint density at radius 2 is 1.88 bits per heavy atom. The van der Waals surface area contributed by atoms with Crippen LogP contribution in [-0.2, 0) is 30.0 Å². The molecule has 2 saturated heterocycles. The van der Waals surface area contributed by atoms with E-state index in [4.69, 9.17) is 18.6 Å². The number of nitrogens with zero attached hydrogens (tertiary/aromatic N) is 1. The molecule has 33 heavy (non-hydrogen) atoms. The van der Waals surface area contributed by atoms with Crippen molar-refractivity contribution in [2.75, 3.05) is 13.2 Å². The molecule has 1 N–H and O–H groups in total. The predicted molar refractivity (Wildman–Crippen MR) is 125 cm³/mol. The number of hydrogen-bond acceptors (Lipinski definition) is 6. The zero-order valence-corrected chi connectivity index (χ0v) is 21.7. The molecule has 8 nitrogen and oxygen atoms in total. The van der Waals surface area contributed by atoms with Crippen LogP contribution in [0.3, 0.4) is 0 Å². The number of carboxylic acids is 1. The van der Waals surface area contributed by atoms with Crippen molar-refractivity contribution in [2.24, 2.45) is 0 Å². The number of benzene rings is 1. The fraction of sp³-hybridized carbons (Fsp3) is 0.667. The van der Waals surface area contributed by atoms with Gasteiger partial charge in [0, 0.05) is 13.0 Å². The number of rotatable bonds is 7. The van der Waals surface area contributed by atoms with Crippen LogP contribution in [0.4, 0.5) is 4.79 Å². The number of hydrogen-bond donors (Lipinski definition) is 1. The first kappa shape index (κ1) is 25.7. The summed E-state index contributed by atoms with van der Waals surface area (Å²) < 4.78 is 24.0. The quantitative estimate of drug-likeness (QED) is 0.580. The van der Waals surface area contributed by atoms with Crippen molar-refractivity contribution >= 4 is 20.4 Å². The van der Waals surface area contributed by atoms with E-state index >= 15 is 0 Å². The van der Waals surface area contributed by atoms with Gasteiger partial charge in [0.2, 0.25) is 0 Å². The van der Waals surface area contributed by atoms with Crippen molar-refractivity contribution < 1.29 is 33.3 Å². The highest BCUT2D eigenvalue weighted by atomic mass is 28.4. The summed E-state index contributed by atoms with van der Waals surface area (Å²) in [5, 5.41) is 10.4. The SMILES string of the molecule is CC1(C)OC[C@@]2(C(=O)O)[C@@H](O1)[C@@H](CCO[Si](C)(C)C(C)(C)C)OC(=O)N2Cc1ccccc1. The number of carboxylic acid groups (broad SMARTS) is 1. The fourth-order valence-corrected chi connectivity index (χ4v) is 5.02. The summed E-state index contributed by atoms with van der Waals surface area (Å²) in [4.78, 5) is 27.1. The molecule has 0 radical (unpaired) electrons. The molecular weight excluding hydrogens is 442 g/mol. The number of fused-ring (bicyclic) bond motifs is 1. The number of amides is 1. The van der Waals surface area contributed by atoms with Crippen molar-refractivity contribution in [3.8, 4) is 0 Å². The van der Waals surface area contributed by atoms with E-state index in [2.05, 4.69) is 33.9 Å². The van der Waals surface area contributed by atoms with Crippen molar-refractivity contribution in [3.05, 3.63) is 35.9 Å². The summed E-state index contributed by atoms with van der Waals surface area (Å²) in [5.74, 6) is -2.18. The van der Waals surface area contributed by atoms with E-state index in [1.54, 1.807) is 13.8 Å². The second-order valence-electron chi connectivity index (χ2n) is 10.8. The summed E-state index contributed by atoms with van der Waals surface area (Å²) in [7, 11) is -2.02. The number of carbonyl (C=O) groups excluding carboxylic acids is 1. The molecule has 0 aromatic heterocycles. The van der Waals surface area contributed by atoms with Gasteiger partial charge in [0.05, 0.1) is 13.2 Å². The van der Waals surface area contributed by atoms with Gasteiger partial charge in [-0.05, 0) is 37.5 Å². The van der Waals surface area contributed by atoms with Crippen LogP contribution in [0.25, 0.3) is 0 Å². The van der Waals surface area contributed by atoms with E-state index in [9.17, 15) is 14.7 Å². The number of cyclic esters (lactones) is 1. The number of carbonyl (C=O) groups is 2. The summed E-state index contributed by atoms with van der Waals surface area (Å²) in [6.45, 7) is 14.5. The molecule has 2 fully saturated rings. The van der Waals surface area contributed by atoms with Crippen molar-refractivity contribution in [2.45, 2.75) is 89.3 Å². The van der Waals surface area contributed by atoms with Gasteiger partial charge in [-0.15, -0.1) is 0 Å². The van der Waals surface area contributed by atoms with Gasteiger partial charge in [-0.3, -0.25) is 4.90 Å². The largest absolute Gasteiger partial charge is 0.479 e. The Labute approximate surface area is 197 Å². The van der Waals surface area contributed by atoms with Gasteiger partial charge < -0.3 is 23.7 Å². The van der Waals surface area contributed by atoms with Crippen LogP contribution in [0.2, 0.25) is 18.1 Å². The maximum absolute atomic E-state index is 13.2. The van der Waals surface area contributed by atoms with E-state index in [0.29, 0.717) is 13.0 Å². The zero-order valence-electron chi connectivity index (χ0n) is 20.7. The van der Waals surface area contributed by atoms with Crippen molar-refractivity contribution in [1.82, 2.24) is 4.90 Å². The van der Waals surface area contributed by atoms with Gasteiger partial charge in [-0.25, -0.2) is 9.59 Å². The monoisotopic (exact) mass is 479 g/mol. The lowest BCUT2D eigenvalue weighted by Gasteiger charge is -2.55. The minimum Gasteiger partial charge on any atom is -0.479 e. The summed E-state index contributed by atoms with van der Waals surface area (Å²) in [5.41, 5.74) is -0.916. The zero-order chi connectivity index (χ0) is 24.7. The van der Waals surface area contributed by atoms with Crippen LogP contribution in [0, 0.1) is 0 Å². The molecule has 3 rings (SSSR count). The van der Waals surface area contributed by atoms with Crippen LogP contribution in [0.5, 0.6) is 0 Å². The molecular formula is C24H37NO7Si. The van der Waals surface area contributed by atoms with Gasteiger partial charge >= 0.3 is 12.1 Å². The van der Waals surface area contributed by atoms with Gasteiger partial charge in [0.25, 0.3) is 0 Å². The van der Waals surface area contributed by atoms with E-state index in [1.165, 1.54) is 4.90 Å². The van der Waals surface area contributed by atoms with Crippen LogP contribution in [-0.4, -0.2) is 67.1 Å². The highest BCUT2D eigenvalue weighted by Crippen LogP contribution is 2.42. The minimum absolute atomic E-state index is 0.0325. The van der Waals surface area contributed by atoms with Gasteiger partial charge in [-0.2, -0.15) is 0 Å². The highest BCUT2D eigenvalue weighted by Gasteiger charge is 2.65. The molecule has 1 aromatic carbocycles. The minimum atomic E-state index is -2.02. The summed E-state index contributed by atoms with van der Waals surface area (Å²) in [6, 6.07) is 9.22. The molecule has 0 unspecified atom stereocenters. The number of ether oxygens (including phenoxy) is 3. The standard InChI is InChI=1S/C24H37NO7Si/c1-22(2,3)33(6,7)30-14-13-18-19-24(20(26)27,16-29-23(4,5)32-19)25(21(28)31-18)15-17-11-9-8-10-12-17/h8-12,18-19H,13-16H2,1-7H3,(H,26,27)/t18-,19+,24+/m1/s1. The molecule has 0 aliphatic carbocycles. The Morgan fingerprint density at radius 1 is 1.24 bits per heavy atom. The van der Waals surface area contributed by atoms with Crippen molar-refractivity contribution in [1.29, 1.82) is 0 Å². The molecule has 0 bridgehead atoms. The smallest absolute Gasteiger partial charge is 0.411 e. The van der Waals surface area contributed by atoms with Crippen molar-refractivity contribution in [3.63, 3.8) is 0 Å². The van der Waals surface area contributed by atoms with E-state index in [-0.39, 0.29) is 18.2 Å². The van der Waals surface area contributed by atoms with Crippen LogP contribution >= 0.6 is 0 Å². The van der Waals surface area contributed by atoms with Gasteiger partial charge in [0.15, 0.2) is 19.6 Å². The fourth-order valence-electron chi connectivity index (χ4n) is 3.96. The Morgan fingerprint density at radius 3 is 2.45 bits per heavy atom. The first-order valence-corrected chi connectivity index (χ1v) is 14.3. The number of aliphatic carboxylic acids is 1. The normalized spacial score (nSPS) is 27.6. The van der Waals surface area contributed by atoms with Crippen LogP contribution < -0.4 is 0 Å². The second-order valence-corrected chi connectivity index (χ2v) is 15.7. The lowest BCUT2D eigenvalue weighted by Crippen LogP contribution is -2.76. The maximum Gasteiger partial charge on any atom is 0.411 e. The Hall–Kier alpha value is -1.94. The highest BCUT2D eigenvalue weighted by molar-refractivity contribution is 6.74. The third-order valence-corrected chi connectivity index (χ3v) is 11.6. The average Bonchev–Trinajstić information content (AvgIpc) is 2.70. The third kappa shape index (κ3) is 5.11. The summed E-state index contributed by atoms with van der Waals surface area (Å²) >= 11 is 0. The van der Waals surface area contributed by atoms with E-state index in [0.717, 1.165) is 5.56 Å². The van der Waals surface area contributed by atoms with E-state index < -0.39 is 43.9 Å². The Bertz CT molecular complexity index is 867. The van der Waals surface area contributed by atoms with Crippen LogP contribution in [0.1, 0.15) is 46.6 Å².